The van der Waals surface area contributed by atoms with Gasteiger partial charge in [-0.05, 0) is 0 Å². The number of ketones is 1. The number of methoxy groups -OCH3 is 1. The van der Waals surface area contributed by atoms with Gasteiger partial charge in [-0.1, -0.05) is 0 Å². The smallest absolute Gasteiger partial charge is 0.312 e. The minimum atomic E-state index is -0.497. The molecule has 0 spiro atoms. The van der Waals surface area contributed by atoms with Gasteiger partial charge in [0, 0.05) is 32.7 Å². The molecule has 0 aliphatic carbocycles. The van der Waals surface area contributed by atoms with Gasteiger partial charge in [-0.3, -0.25) is 4.79 Å². The number of carbonyl (C=O) groups excluding carboxylic acids is 2. The van der Waals surface area contributed by atoms with E-state index in [0.717, 1.165) is 0 Å². The molecule has 0 unspecified atom stereocenters. The Labute approximate surface area is 85.4 Å². The zero-order valence-electron chi connectivity index (χ0n) is 5.92. The van der Waals surface area contributed by atoms with Gasteiger partial charge in [-0.25, -0.2) is 0 Å². The molecule has 1 radical (unpaired) electrons. The molecule has 0 aromatic carbocycles. The van der Waals surface area contributed by atoms with E-state index >= 15 is 0 Å². The molecule has 0 heterocycles. The summed E-state index contributed by atoms with van der Waals surface area (Å²) in [6.07, 6.45) is -0.00486. The third kappa shape index (κ3) is 6.37. The summed E-state index contributed by atoms with van der Waals surface area (Å²) in [5.41, 5.74) is 0. The van der Waals surface area contributed by atoms with E-state index in [1.807, 2.05) is 0 Å². The molecular weight excluding hydrogens is 209 g/mol. The van der Waals surface area contributed by atoms with Gasteiger partial charge in [0.15, 0.2) is 0 Å². The Hall–Kier alpha value is 0.244. The molecule has 0 aromatic heterocycles. The molecule has 3 nitrogen and oxygen atoms in total. The fourth-order valence-electron chi connectivity index (χ4n) is 0.322. The van der Waals surface area contributed by atoms with Crippen LogP contribution in [0.2, 0.25) is 0 Å². The van der Waals surface area contributed by atoms with Gasteiger partial charge in [0.05, 0.1) is 7.11 Å². The van der Waals surface area contributed by atoms with Crippen LogP contribution in [0.1, 0.15) is 12.8 Å². The van der Waals surface area contributed by atoms with E-state index in [1.165, 1.54) is 7.11 Å². The molecule has 55 valence electrons. The summed E-state index contributed by atoms with van der Waals surface area (Å²) in [4.78, 5) is 20.7. The average molecular weight is 218 g/mol. The minimum absolute atomic E-state index is 0. The first-order chi connectivity index (χ1) is 4.20. The Morgan fingerprint density at radius 1 is 1.50 bits per heavy atom. The number of carbonyl (C=O) groups is 2. The number of esters is 1. The number of hydrogen-bond acceptors (Lipinski definition) is 3. The first kappa shape index (κ1) is 12.9. The first-order valence-corrected chi connectivity index (χ1v) is 2.58. The third-order valence-corrected chi connectivity index (χ3v) is 0.848. The fourth-order valence-corrected chi connectivity index (χ4v) is 0.322. The zero-order valence-corrected chi connectivity index (χ0v) is 8.76. The molecule has 0 bridgehead atoms. The summed E-state index contributed by atoms with van der Waals surface area (Å²) < 4.78 is 4.24. The van der Waals surface area contributed by atoms with Crippen LogP contribution in [0, 0.1) is 6.92 Å². The van der Waals surface area contributed by atoms with E-state index in [4.69, 9.17) is 0 Å². The summed E-state index contributed by atoms with van der Waals surface area (Å²) in [6.45, 7) is 3.32. The molecule has 0 aliphatic rings. The van der Waals surface area contributed by atoms with E-state index in [-0.39, 0.29) is 51.3 Å². The van der Waals surface area contributed by atoms with Crippen molar-refractivity contribution in [3.05, 3.63) is 6.92 Å². The Bertz CT molecular complexity index is 108. The van der Waals surface area contributed by atoms with Gasteiger partial charge in [0.1, 0.15) is 12.2 Å². The predicted octanol–water partition coefficient (Wildman–Crippen LogP) is 0.340. The standard InChI is InChI=1S/C6H9O3.Y/c1-3-5(7)4-6(8)9-2;/h1,3-4H2,2H3;/q-1;. The topological polar surface area (TPSA) is 43.4 Å². The average Bonchev–Trinajstić information content (AvgIpc) is 1.87. The van der Waals surface area contributed by atoms with Gasteiger partial charge >= 0.3 is 5.97 Å². The molecule has 0 atom stereocenters. The van der Waals surface area contributed by atoms with Crippen molar-refractivity contribution in [2.45, 2.75) is 12.8 Å². The molecule has 0 rings (SSSR count). The van der Waals surface area contributed by atoms with Crippen molar-refractivity contribution in [1.29, 1.82) is 0 Å². The number of hydrogen-bond donors (Lipinski definition) is 0. The molecular formula is C6H9O3Y-. The van der Waals surface area contributed by atoms with Crippen LogP contribution in [-0.4, -0.2) is 18.9 Å². The second-order valence-electron chi connectivity index (χ2n) is 1.54. The van der Waals surface area contributed by atoms with Crippen molar-refractivity contribution in [1.82, 2.24) is 0 Å². The van der Waals surface area contributed by atoms with Crippen LogP contribution < -0.4 is 0 Å². The molecule has 0 N–H and O–H groups in total. The third-order valence-electron chi connectivity index (χ3n) is 0.848. The summed E-state index contributed by atoms with van der Waals surface area (Å²) >= 11 is 0. The summed E-state index contributed by atoms with van der Waals surface area (Å²) in [7, 11) is 1.25. The van der Waals surface area contributed by atoms with E-state index in [1.54, 1.807) is 0 Å². The van der Waals surface area contributed by atoms with E-state index in [9.17, 15) is 9.59 Å². The molecule has 10 heavy (non-hydrogen) atoms. The van der Waals surface area contributed by atoms with Gasteiger partial charge < -0.3 is 16.5 Å². The van der Waals surface area contributed by atoms with Gasteiger partial charge in [0.2, 0.25) is 0 Å². The van der Waals surface area contributed by atoms with E-state index in [0.29, 0.717) is 0 Å². The number of rotatable bonds is 3. The van der Waals surface area contributed by atoms with Crippen molar-refractivity contribution in [2.75, 3.05) is 7.11 Å². The van der Waals surface area contributed by atoms with Crippen LogP contribution in [0.4, 0.5) is 0 Å². The first-order valence-electron chi connectivity index (χ1n) is 2.58. The second-order valence-corrected chi connectivity index (χ2v) is 1.54. The van der Waals surface area contributed by atoms with E-state index < -0.39 is 5.97 Å². The Morgan fingerprint density at radius 3 is 2.30 bits per heavy atom. The van der Waals surface area contributed by atoms with Crippen molar-refractivity contribution in [2.24, 2.45) is 0 Å². The molecule has 0 saturated carbocycles. The van der Waals surface area contributed by atoms with Crippen LogP contribution in [0.3, 0.4) is 0 Å². The molecule has 4 heteroatoms. The molecule has 0 aliphatic heterocycles. The molecule has 0 aromatic rings. The Kier molecular flexibility index (Phi) is 9.47. The quantitative estimate of drug-likeness (QED) is 0.389. The summed E-state index contributed by atoms with van der Waals surface area (Å²) in [5, 5.41) is 0. The number of ether oxygens (including phenoxy) is 1. The molecule has 0 fully saturated rings. The normalized spacial score (nSPS) is 7.80. The Balaban J connectivity index is 0. The van der Waals surface area contributed by atoms with Crippen molar-refractivity contribution >= 4 is 11.8 Å². The number of Topliss-reactive ketones (excluding diaryl/α,β-unsaturated/α-hetero) is 1. The largest absolute Gasteiger partial charge is 0.469 e. The minimum Gasteiger partial charge on any atom is -0.469 e. The van der Waals surface area contributed by atoms with Gasteiger partial charge in [-0.15, -0.1) is 6.42 Å². The van der Waals surface area contributed by atoms with Crippen molar-refractivity contribution in [3.8, 4) is 0 Å². The van der Waals surface area contributed by atoms with Crippen LogP contribution in [-0.2, 0) is 47.0 Å². The van der Waals surface area contributed by atoms with Crippen molar-refractivity contribution < 1.29 is 47.0 Å². The maximum absolute atomic E-state index is 10.4. The summed E-state index contributed by atoms with van der Waals surface area (Å²) in [6, 6.07) is 0. The van der Waals surface area contributed by atoms with Crippen LogP contribution in [0.25, 0.3) is 0 Å². The Morgan fingerprint density at radius 2 is 2.00 bits per heavy atom. The van der Waals surface area contributed by atoms with Gasteiger partial charge in [-0.2, -0.15) is 0 Å². The van der Waals surface area contributed by atoms with Gasteiger partial charge in [0.25, 0.3) is 0 Å². The van der Waals surface area contributed by atoms with Crippen LogP contribution >= 0.6 is 0 Å². The fraction of sp³-hybridized carbons (Fsp3) is 0.500. The maximum Gasteiger partial charge on any atom is 0.312 e. The predicted molar refractivity (Wildman–Crippen MR) is 31.6 cm³/mol. The second kappa shape index (κ2) is 7.35. The maximum atomic E-state index is 10.4. The molecule has 0 saturated heterocycles. The summed E-state index contributed by atoms with van der Waals surface area (Å²) in [5.74, 6) is -0.689. The van der Waals surface area contributed by atoms with Crippen LogP contribution in [0.5, 0.6) is 0 Å². The SMILES string of the molecule is [CH2-]CC(=O)CC(=O)OC.[Y]. The van der Waals surface area contributed by atoms with E-state index in [2.05, 4.69) is 11.7 Å². The van der Waals surface area contributed by atoms with Crippen molar-refractivity contribution in [3.63, 3.8) is 0 Å². The zero-order chi connectivity index (χ0) is 7.28. The molecule has 0 amide bonds. The van der Waals surface area contributed by atoms with Crippen LogP contribution in [0.15, 0.2) is 0 Å². The monoisotopic (exact) mass is 218 g/mol.